The SMILES string of the molecule is CNCC(OC)OCc1cc(Br)c(CCO)cc1F. The Hall–Kier alpha value is -0.530. The van der Waals surface area contributed by atoms with Crippen molar-refractivity contribution >= 4 is 15.9 Å². The molecule has 19 heavy (non-hydrogen) atoms. The molecule has 0 spiro atoms. The number of hydrogen-bond donors (Lipinski definition) is 2. The molecule has 0 amide bonds. The van der Waals surface area contributed by atoms with Gasteiger partial charge in [-0.3, -0.25) is 0 Å². The van der Waals surface area contributed by atoms with E-state index in [4.69, 9.17) is 14.6 Å². The first kappa shape index (κ1) is 16.5. The fraction of sp³-hybridized carbons (Fsp3) is 0.538. The number of ether oxygens (including phenoxy) is 2. The molecule has 6 heteroatoms. The van der Waals surface area contributed by atoms with Crippen molar-refractivity contribution in [1.29, 1.82) is 0 Å². The summed E-state index contributed by atoms with van der Waals surface area (Å²) in [7, 11) is 3.33. The van der Waals surface area contributed by atoms with Crippen LogP contribution >= 0.6 is 15.9 Å². The molecule has 0 aliphatic rings. The first-order valence-electron chi connectivity index (χ1n) is 5.99. The zero-order valence-electron chi connectivity index (χ0n) is 11.1. The van der Waals surface area contributed by atoms with Gasteiger partial charge in [-0.05, 0) is 31.2 Å². The monoisotopic (exact) mass is 335 g/mol. The molecule has 2 N–H and O–H groups in total. The summed E-state index contributed by atoms with van der Waals surface area (Å²) in [6.07, 6.45) is -0.000629. The van der Waals surface area contributed by atoms with Crippen molar-refractivity contribution in [3.05, 3.63) is 33.5 Å². The molecule has 4 nitrogen and oxygen atoms in total. The van der Waals surface area contributed by atoms with Gasteiger partial charge in [0.2, 0.25) is 0 Å². The van der Waals surface area contributed by atoms with E-state index in [0.717, 1.165) is 10.0 Å². The minimum absolute atomic E-state index is 0.0121. The standard InChI is InChI=1S/C13H19BrFNO3/c1-16-7-13(18-2)19-8-10-5-11(14)9(3-4-17)6-12(10)15/h5-6,13,16-17H,3-4,7-8H2,1-2H3. The lowest BCUT2D eigenvalue weighted by Gasteiger charge is -2.16. The number of aliphatic hydroxyl groups is 1. The largest absolute Gasteiger partial charge is 0.396 e. The predicted octanol–water partition coefficient (Wildman–Crippen LogP) is 1.83. The number of likely N-dealkylation sites (N-methyl/N-ethyl adjacent to an activating group) is 1. The Morgan fingerprint density at radius 2 is 2.16 bits per heavy atom. The number of halogens is 2. The van der Waals surface area contributed by atoms with E-state index in [-0.39, 0.29) is 19.0 Å². The van der Waals surface area contributed by atoms with E-state index in [1.807, 2.05) is 0 Å². The molecule has 0 saturated heterocycles. The third kappa shape index (κ3) is 5.16. The summed E-state index contributed by atoms with van der Waals surface area (Å²) in [5.41, 5.74) is 1.19. The summed E-state index contributed by atoms with van der Waals surface area (Å²) in [4.78, 5) is 0. The molecule has 0 heterocycles. The van der Waals surface area contributed by atoms with Crippen LogP contribution in [0.5, 0.6) is 0 Å². The summed E-state index contributed by atoms with van der Waals surface area (Å²) < 4.78 is 25.2. The van der Waals surface area contributed by atoms with Gasteiger partial charge < -0.3 is 19.9 Å². The second-order valence-corrected chi connectivity index (χ2v) is 4.90. The smallest absolute Gasteiger partial charge is 0.169 e. The topological polar surface area (TPSA) is 50.7 Å². The molecule has 1 unspecified atom stereocenters. The lowest BCUT2D eigenvalue weighted by molar-refractivity contribution is -0.128. The predicted molar refractivity (Wildman–Crippen MR) is 74.4 cm³/mol. The Morgan fingerprint density at radius 3 is 2.74 bits per heavy atom. The van der Waals surface area contributed by atoms with Crippen LogP contribution in [0.1, 0.15) is 11.1 Å². The second kappa shape index (κ2) is 8.60. The van der Waals surface area contributed by atoms with Gasteiger partial charge in [-0.2, -0.15) is 0 Å². The molecule has 1 atom stereocenters. The lowest BCUT2D eigenvalue weighted by Crippen LogP contribution is -2.28. The van der Waals surface area contributed by atoms with Crippen molar-refractivity contribution in [2.45, 2.75) is 19.3 Å². The van der Waals surface area contributed by atoms with Crippen LogP contribution < -0.4 is 5.32 Å². The normalized spacial score (nSPS) is 12.7. The molecule has 1 aromatic rings. The first-order valence-corrected chi connectivity index (χ1v) is 6.78. The van der Waals surface area contributed by atoms with Gasteiger partial charge >= 0.3 is 0 Å². The number of aliphatic hydroxyl groups excluding tert-OH is 1. The molecular formula is C13H19BrFNO3. The number of nitrogens with one attached hydrogen (secondary N) is 1. The minimum atomic E-state index is -0.416. The molecule has 0 radical (unpaired) electrons. The molecule has 1 rings (SSSR count). The van der Waals surface area contributed by atoms with Crippen molar-refractivity contribution in [2.24, 2.45) is 0 Å². The first-order chi connectivity index (χ1) is 9.12. The maximum absolute atomic E-state index is 13.9. The zero-order chi connectivity index (χ0) is 14.3. The fourth-order valence-electron chi connectivity index (χ4n) is 1.61. The van der Waals surface area contributed by atoms with E-state index in [0.29, 0.717) is 18.5 Å². The van der Waals surface area contributed by atoms with Gasteiger partial charge in [-0.25, -0.2) is 4.39 Å². The summed E-state index contributed by atoms with van der Waals surface area (Å²) in [5.74, 6) is -0.342. The molecule has 0 fully saturated rings. The van der Waals surface area contributed by atoms with Crippen LogP contribution in [0, 0.1) is 5.82 Å². The van der Waals surface area contributed by atoms with Crippen LogP contribution in [0.25, 0.3) is 0 Å². The second-order valence-electron chi connectivity index (χ2n) is 4.04. The van der Waals surface area contributed by atoms with E-state index in [1.54, 1.807) is 20.2 Å². The van der Waals surface area contributed by atoms with E-state index in [2.05, 4.69) is 21.2 Å². The maximum Gasteiger partial charge on any atom is 0.169 e. The van der Waals surface area contributed by atoms with Gasteiger partial charge in [-0.15, -0.1) is 0 Å². The molecular weight excluding hydrogens is 317 g/mol. The quantitative estimate of drug-likeness (QED) is 0.712. The van der Waals surface area contributed by atoms with Crippen LogP contribution in [-0.2, 0) is 22.5 Å². The van der Waals surface area contributed by atoms with Crippen molar-refractivity contribution in [1.82, 2.24) is 5.32 Å². The third-order valence-electron chi connectivity index (χ3n) is 2.65. The highest BCUT2D eigenvalue weighted by atomic mass is 79.9. The highest BCUT2D eigenvalue weighted by Crippen LogP contribution is 2.22. The summed E-state index contributed by atoms with van der Waals surface area (Å²) >= 11 is 3.36. The zero-order valence-corrected chi connectivity index (χ0v) is 12.7. The van der Waals surface area contributed by atoms with E-state index < -0.39 is 6.29 Å². The number of hydrogen-bond acceptors (Lipinski definition) is 4. The molecule has 108 valence electrons. The average molecular weight is 336 g/mol. The Labute approximate surface area is 121 Å². The molecule has 0 saturated carbocycles. The molecule has 1 aromatic carbocycles. The highest BCUT2D eigenvalue weighted by Gasteiger charge is 2.11. The maximum atomic E-state index is 13.9. The van der Waals surface area contributed by atoms with Crippen LogP contribution in [0.15, 0.2) is 16.6 Å². The lowest BCUT2D eigenvalue weighted by atomic mass is 10.1. The van der Waals surface area contributed by atoms with Gasteiger partial charge in [0.25, 0.3) is 0 Å². The van der Waals surface area contributed by atoms with Crippen LogP contribution in [0.2, 0.25) is 0 Å². The van der Waals surface area contributed by atoms with Crippen LogP contribution in [0.4, 0.5) is 4.39 Å². The van der Waals surface area contributed by atoms with Gasteiger partial charge in [0.15, 0.2) is 6.29 Å². The van der Waals surface area contributed by atoms with E-state index >= 15 is 0 Å². The van der Waals surface area contributed by atoms with Crippen molar-refractivity contribution in [2.75, 3.05) is 27.3 Å². The van der Waals surface area contributed by atoms with E-state index in [9.17, 15) is 4.39 Å². The average Bonchev–Trinajstić information content (AvgIpc) is 2.39. The third-order valence-corrected chi connectivity index (χ3v) is 3.39. The van der Waals surface area contributed by atoms with Crippen LogP contribution in [0.3, 0.4) is 0 Å². The van der Waals surface area contributed by atoms with Gasteiger partial charge in [0.1, 0.15) is 5.82 Å². The van der Waals surface area contributed by atoms with Gasteiger partial charge in [0, 0.05) is 30.3 Å². The summed E-state index contributed by atoms with van der Waals surface area (Å²) in [5, 5.41) is 11.8. The van der Waals surface area contributed by atoms with Crippen molar-refractivity contribution < 1.29 is 19.0 Å². The Bertz CT molecular complexity index is 404. The van der Waals surface area contributed by atoms with Crippen molar-refractivity contribution in [3.63, 3.8) is 0 Å². The van der Waals surface area contributed by atoms with E-state index in [1.165, 1.54) is 6.07 Å². The Morgan fingerprint density at radius 1 is 1.42 bits per heavy atom. The van der Waals surface area contributed by atoms with Gasteiger partial charge in [-0.1, -0.05) is 15.9 Å². The number of methoxy groups -OCH3 is 1. The molecule has 0 aromatic heterocycles. The van der Waals surface area contributed by atoms with Crippen molar-refractivity contribution in [3.8, 4) is 0 Å². The minimum Gasteiger partial charge on any atom is -0.396 e. The number of benzene rings is 1. The molecule has 0 aliphatic heterocycles. The molecule has 0 aliphatic carbocycles. The number of rotatable bonds is 8. The summed E-state index contributed by atoms with van der Waals surface area (Å²) in [6.45, 7) is 0.647. The van der Waals surface area contributed by atoms with Gasteiger partial charge in [0.05, 0.1) is 6.61 Å². The Balaban J connectivity index is 2.70. The molecule has 0 bridgehead atoms. The fourth-order valence-corrected chi connectivity index (χ4v) is 2.20. The van der Waals surface area contributed by atoms with Crippen LogP contribution in [-0.4, -0.2) is 38.7 Å². The highest BCUT2D eigenvalue weighted by molar-refractivity contribution is 9.10. The Kier molecular flexibility index (Phi) is 7.48. The summed E-state index contributed by atoms with van der Waals surface area (Å²) in [6, 6.07) is 3.09.